The molecule has 0 fully saturated rings. The van der Waals surface area contributed by atoms with Gasteiger partial charge in [-0.15, -0.1) is 0 Å². The van der Waals surface area contributed by atoms with Crippen LogP contribution in [0.25, 0.3) is 0 Å². The van der Waals surface area contributed by atoms with E-state index >= 15 is 0 Å². The SMILES string of the molecule is CCCCCCCCCCCCCCCC[N+](C)(C)C.CCCCCCCCCCCCCCCC[N+](C)(C)C.[Br-].[Br-]. The molecule has 0 heterocycles. The molecule has 42 heavy (non-hydrogen) atoms. The van der Waals surface area contributed by atoms with E-state index in [2.05, 4.69) is 56.1 Å². The van der Waals surface area contributed by atoms with Gasteiger partial charge < -0.3 is 42.9 Å². The Bertz CT molecular complexity index is 415. The van der Waals surface area contributed by atoms with Crippen LogP contribution in [0.15, 0.2) is 0 Å². The van der Waals surface area contributed by atoms with E-state index in [0.29, 0.717) is 0 Å². The van der Waals surface area contributed by atoms with E-state index in [1.165, 1.54) is 193 Å². The van der Waals surface area contributed by atoms with Crippen LogP contribution in [0.1, 0.15) is 194 Å². The van der Waals surface area contributed by atoms with E-state index in [4.69, 9.17) is 0 Å². The molecular weight excluding hydrogens is 644 g/mol. The van der Waals surface area contributed by atoms with Gasteiger partial charge in [-0.05, 0) is 25.7 Å². The number of unbranched alkanes of at least 4 members (excludes halogenated alkanes) is 26. The van der Waals surface area contributed by atoms with Crippen molar-refractivity contribution >= 4 is 0 Å². The van der Waals surface area contributed by atoms with Crippen LogP contribution in [-0.4, -0.2) is 64.3 Å². The Kier molecular flexibility index (Phi) is 45.1. The summed E-state index contributed by atoms with van der Waals surface area (Å²) >= 11 is 0. The highest BCUT2D eigenvalue weighted by Gasteiger charge is 2.06. The van der Waals surface area contributed by atoms with Crippen LogP contribution in [0.4, 0.5) is 0 Å². The zero-order valence-corrected chi connectivity index (χ0v) is 34.0. The van der Waals surface area contributed by atoms with Gasteiger partial charge in [0.15, 0.2) is 0 Å². The third-order valence-corrected chi connectivity index (χ3v) is 8.36. The van der Waals surface area contributed by atoms with Crippen molar-refractivity contribution in [3.63, 3.8) is 0 Å². The molecule has 0 aromatic rings. The lowest BCUT2D eigenvalue weighted by atomic mass is 10.0. The molecule has 0 atom stereocenters. The number of nitrogens with zero attached hydrogens (tertiary/aromatic N) is 2. The van der Waals surface area contributed by atoms with Crippen LogP contribution < -0.4 is 34.0 Å². The minimum absolute atomic E-state index is 0. The lowest BCUT2D eigenvalue weighted by Crippen LogP contribution is -3.00. The number of rotatable bonds is 30. The summed E-state index contributed by atoms with van der Waals surface area (Å²) in [5, 5.41) is 0. The van der Waals surface area contributed by atoms with Crippen LogP contribution in [-0.2, 0) is 0 Å². The second-order valence-corrected chi connectivity index (χ2v) is 15.2. The molecule has 0 rings (SSSR count). The van der Waals surface area contributed by atoms with Gasteiger partial charge in [0.1, 0.15) is 0 Å². The number of quaternary nitrogens is 2. The summed E-state index contributed by atoms with van der Waals surface area (Å²) in [5.41, 5.74) is 0. The Labute approximate surface area is 290 Å². The molecule has 0 bridgehead atoms. The topological polar surface area (TPSA) is 0 Å². The average Bonchev–Trinajstić information content (AvgIpc) is 2.88. The average molecular weight is 729 g/mol. The third-order valence-electron chi connectivity index (χ3n) is 8.36. The first kappa shape index (κ1) is 49.8. The fourth-order valence-corrected chi connectivity index (χ4v) is 5.56. The first-order valence-corrected chi connectivity index (χ1v) is 18.7. The lowest BCUT2D eigenvalue weighted by molar-refractivity contribution is -0.870. The van der Waals surface area contributed by atoms with Gasteiger partial charge in [-0.3, -0.25) is 0 Å². The van der Waals surface area contributed by atoms with Gasteiger partial charge >= 0.3 is 0 Å². The molecule has 0 saturated carbocycles. The van der Waals surface area contributed by atoms with E-state index in [9.17, 15) is 0 Å². The summed E-state index contributed by atoms with van der Waals surface area (Å²) in [6.07, 6.45) is 40.7. The summed E-state index contributed by atoms with van der Waals surface area (Å²) in [7, 11) is 13.8. The molecule has 4 heteroatoms. The summed E-state index contributed by atoms with van der Waals surface area (Å²) in [6.45, 7) is 7.25. The van der Waals surface area contributed by atoms with E-state index in [1.54, 1.807) is 0 Å². The van der Waals surface area contributed by atoms with E-state index in [-0.39, 0.29) is 34.0 Å². The Balaban J connectivity index is -0.000000328. The van der Waals surface area contributed by atoms with Gasteiger partial charge in [0.25, 0.3) is 0 Å². The first-order valence-electron chi connectivity index (χ1n) is 18.7. The first-order chi connectivity index (χ1) is 19.1. The van der Waals surface area contributed by atoms with Crippen molar-refractivity contribution in [3.8, 4) is 0 Å². The van der Waals surface area contributed by atoms with Crippen LogP contribution in [0.3, 0.4) is 0 Å². The highest BCUT2D eigenvalue weighted by molar-refractivity contribution is 4.50. The Morgan fingerprint density at radius 1 is 0.238 bits per heavy atom. The summed E-state index contributed by atoms with van der Waals surface area (Å²) < 4.78 is 2.25. The zero-order valence-electron chi connectivity index (χ0n) is 30.9. The highest BCUT2D eigenvalue weighted by Crippen LogP contribution is 2.14. The molecule has 0 aliphatic carbocycles. The molecule has 2 nitrogen and oxygen atoms in total. The molecule has 0 aliphatic rings. The fourth-order valence-electron chi connectivity index (χ4n) is 5.56. The number of halogens is 2. The maximum absolute atomic E-state index is 2.29. The normalized spacial score (nSPS) is 11.4. The largest absolute Gasteiger partial charge is 1.00 e. The molecule has 0 spiro atoms. The third kappa shape index (κ3) is 53.4. The van der Waals surface area contributed by atoms with Gasteiger partial charge in [0.05, 0.1) is 55.4 Å². The van der Waals surface area contributed by atoms with Crippen molar-refractivity contribution in [2.75, 3.05) is 55.4 Å². The maximum atomic E-state index is 2.29. The molecule has 0 amide bonds. The van der Waals surface area contributed by atoms with Crippen molar-refractivity contribution in [2.24, 2.45) is 0 Å². The van der Waals surface area contributed by atoms with Gasteiger partial charge in [-0.2, -0.15) is 0 Å². The standard InChI is InChI=1S/2C19H42N.2BrH/c2*1-5-6-7-8-9-10-11-12-13-14-15-16-17-18-19-20(2,3)4;;/h2*5-19H2,1-4H3;2*1H/q2*+1;;/p-2. The van der Waals surface area contributed by atoms with Gasteiger partial charge in [-0.1, -0.05) is 168 Å². The monoisotopic (exact) mass is 727 g/mol. The fraction of sp³-hybridized carbons (Fsp3) is 1.00. The Hall–Kier alpha value is 0.880. The zero-order chi connectivity index (χ0) is 30.2. The molecule has 0 aromatic heterocycles. The van der Waals surface area contributed by atoms with Crippen molar-refractivity contribution in [3.05, 3.63) is 0 Å². The summed E-state index contributed by atoms with van der Waals surface area (Å²) in [4.78, 5) is 0. The molecule has 0 saturated heterocycles. The summed E-state index contributed by atoms with van der Waals surface area (Å²) in [6, 6.07) is 0. The predicted molar refractivity (Wildman–Crippen MR) is 186 cm³/mol. The predicted octanol–water partition coefficient (Wildman–Crippen LogP) is 6.36. The Morgan fingerprint density at radius 2 is 0.381 bits per heavy atom. The maximum Gasteiger partial charge on any atom is 0.0780 e. The number of hydrogen-bond donors (Lipinski definition) is 0. The minimum Gasteiger partial charge on any atom is -1.00 e. The molecule has 0 unspecified atom stereocenters. The second kappa shape index (κ2) is 38.1. The van der Waals surface area contributed by atoms with Gasteiger partial charge in [0, 0.05) is 0 Å². The van der Waals surface area contributed by atoms with Crippen molar-refractivity contribution in [1.29, 1.82) is 0 Å². The van der Waals surface area contributed by atoms with E-state index < -0.39 is 0 Å². The Morgan fingerprint density at radius 3 is 0.524 bits per heavy atom. The van der Waals surface area contributed by atoms with Crippen molar-refractivity contribution < 1.29 is 42.9 Å². The van der Waals surface area contributed by atoms with Crippen LogP contribution in [0.2, 0.25) is 0 Å². The van der Waals surface area contributed by atoms with Crippen molar-refractivity contribution in [1.82, 2.24) is 0 Å². The molecule has 0 aliphatic heterocycles. The van der Waals surface area contributed by atoms with Crippen LogP contribution in [0, 0.1) is 0 Å². The highest BCUT2D eigenvalue weighted by atomic mass is 79.9. The van der Waals surface area contributed by atoms with E-state index in [1.807, 2.05) is 0 Å². The smallest absolute Gasteiger partial charge is 0.0780 e. The summed E-state index contributed by atoms with van der Waals surface area (Å²) in [5.74, 6) is 0. The van der Waals surface area contributed by atoms with Gasteiger partial charge in [-0.25, -0.2) is 0 Å². The van der Waals surface area contributed by atoms with Gasteiger partial charge in [0.2, 0.25) is 0 Å². The number of hydrogen-bond acceptors (Lipinski definition) is 0. The lowest BCUT2D eigenvalue weighted by Gasteiger charge is -2.23. The second-order valence-electron chi connectivity index (χ2n) is 15.2. The quantitative estimate of drug-likeness (QED) is 0.0598. The molecular formula is C38H84Br2N2. The minimum atomic E-state index is 0. The van der Waals surface area contributed by atoms with Crippen LogP contribution in [0.5, 0.6) is 0 Å². The van der Waals surface area contributed by atoms with Crippen LogP contribution >= 0.6 is 0 Å². The molecule has 260 valence electrons. The van der Waals surface area contributed by atoms with E-state index in [0.717, 1.165) is 8.97 Å². The molecule has 0 aromatic carbocycles. The molecule has 0 N–H and O–H groups in total. The van der Waals surface area contributed by atoms with Crippen molar-refractivity contribution in [2.45, 2.75) is 194 Å². The molecule has 0 radical (unpaired) electrons.